The van der Waals surface area contributed by atoms with Crippen LogP contribution in [0.4, 0.5) is 0 Å². The molecule has 0 amide bonds. The van der Waals surface area contributed by atoms with Crippen molar-refractivity contribution >= 4 is 21.9 Å². The highest BCUT2D eigenvalue weighted by atomic mass is 79.9. The Balaban J connectivity index is 2.52. The average molecular weight is 335 g/mol. The second-order valence-electron chi connectivity index (χ2n) is 4.75. The van der Waals surface area contributed by atoms with E-state index in [0.717, 1.165) is 15.6 Å². The maximum absolute atomic E-state index is 10.9. The van der Waals surface area contributed by atoms with Gasteiger partial charge in [-0.25, -0.2) is 9.97 Å². The molecule has 0 fully saturated rings. The smallest absolute Gasteiger partial charge is 0.307 e. The molecule has 0 radical (unpaired) electrons. The Morgan fingerprint density at radius 2 is 1.80 bits per heavy atom. The fraction of sp³-hybridized carbons (Fsp3) is 0.267. The third-order valence-electron chi connectivity index (χ3n) is 3.11. The van der Waals surface area contributed by atoms with Gasteiger partial charge in [-0.2, -0.15) is 0 Å². The van der Waals surface area contributed by atoms with E-state index in [0.29, 0.717) is 22.8 Å². The Kier molecular flexibility index (Phi) is 4.18. The molecular formula is C15H15BrN2O2. The first-order valence-electron chi connectivity index (χ1n) is 6.21. The summed E-state index contributed by atoms with van der Waals surface area (Å²) in [4.78, 5) is 19.7. The van der Waals surface area contributed by atoms with E-state index < -0.39 is 5.97 Å². The number of benzene rings is 1. The Morgan fingerprint density at radius 3 is 2.30 bits per heavy atom. The van der Waals surface area contributed by atoms with Crippen molar-refractivity contribution in [3.63, 3.8) is 0 Å². The van der Waals surface area contributed by atoms with Crippen LogP contribution in [-0.4, -0.2) is 21.0 Å². The minimum atomic E-state index is -0.871. The molecule has 4 nitrogen and oxygen atoms in total. The average Bonchev–Trinajstić information content (AvgIpc) is 2.33. The lowest BCUT2D eigenvalue weighted by Gasteiger charge is -2.10. The Morgan fingerprint density at radius 1 is 1.20 bits per heavy atom. The summed E-state index contributed by atoms with van der Waals surface area (Å²) in [6, 6.07) is 5.97. The molecule has 0 spiro atoms. The quantitative estimate of drug-likeness (QED) is 0.933. The second kappa shape index (κ2) is 5.71. The van der Waals surface area contributed by atoms with Gasteiger partial charge in [-0.3, -0.25) is 4.79 Å². The largest absolute Gasteiger partial charge is 0.481 e. The molecule has 0 atom stereocenters. The first kappa shape index (κ1) is 14.7. The van der Waals surface area contributed by atoms with E-state index in [2.05, 4.69) is 25.9 Å². The van der Waals surface area contributed by atoms with Crippen molar-refractivity contribution in [3.8, 4) is 11.4 Å². The molecule has 0 aliphatic rings. The van der Waals surface area contributed by atoms with Gasteiger partial charge in [0, 0.05) is 27.0 Å². The van der Waals surface area contributed by atoms with Crippen molar-refractivity contribution in [1.82, 2.24) is 9.97 Å². The number of carboxylic acids is 1. The molecule has 1 aromatic carbocycles. The summed E-state index contributed by atoms with van der Waals surface area (Å²) in [6.07, 6.45) is -0.0486. The van der Waals surface area contributed by atoms with E-state index in [4.69, 9.17) is 5.11 Å². The van der Waals surface area contributed by atoms with Crippen molar-refractivity contribution in [2.24, 2.45) is 0 Å². The summed E-state index contributed by atoms with van der Waals surface area (Å²) >= 11 is 3.52. The Labute approximate surface area is 126 Å². The number of carbonyl (C=O) groups is 1. The van der Waals surface area contributed by atoms with E-state index in [1.807, 2.05) is 39.0 Å². The van der Waals surface area contributed by atoms with Crippen LogP contribution in [0.25, 0.3) is 11.4 Å². The van der Waals surface area contributed by atoms with Crippen molar-refractivity contribution in [3.05, 3.63) is 45.2 Å². The van der Waals surface area contributed by atoms with Gasteiger partial charge in [0.25, 0.3) is 0 Å². The highest BCUT2D eigenvalue weighted by molar-refractivity contribution is 9.10. The van der Waals surface area contributed by atoms with E-state index in [1.54, 1.807) is 0 Å². The fourth-order valence-corrected chi connectivity index (χ4v) is 2.74. The van der Waals surface area contributed by atoms with Gasteiger partial charge in [-0.1, -0.05) is 22.0 Å². The highest BCUT2D eigenvalue weighted by Crippen LogP contribution is 2.27. The van der Waals surface area contributed by atoms with Gasteiger partial charge in [-0.15, -0.1) is 0 Å². The fourth-order valence-electron chi connectivity index (χ4n) is 2.07. The van der Waals surface area contributed by atoms with Gasteiger partial charge in [-0.05, 0) is 38.5 Å². The predicted molar refractivity (Wildman–Crippen MR) is 80.7 cm³/mol. The van der Waals surface area contributed by atoms with E-state index >= 15 is 0 Å². The topological polar surface area (TPSA) is 63.1 Å². The summed E-state index contributed by atoms with van der Waals surface area (Å²) in [7, 11) is 0. The van der Waals surface area contributed by atoms with Crippen LogP contribution in [-0.2, 0) is 11.2 Å². The van der Waals surface area contributed by atoms with Gasteiger partial charge >= 0.3 is 5.97 Å². The number of aromatic nitrogens is 2. The lowest BCUT2D eigenvalue weighted by molar-refractivity contribution is -0.136. The summed E-state index contributed by atoms with van der Waals surface area (Å²) in [5.74, 6) is -0.259. The van der Waals surface area contributed by atoms with Crippen LogP contribution in [0.2, 0.25) is 0 Å². The molecule has 104 valence electrons. The van der Waals surface area contributed by atoms with Crippen molar-refractivity contribution in [1.29, 1.82) is 0 Å². The lowest BCUT2D eigenvalue weighted by Crippen LogP contribution is -2.08. The summed E-state index contributed by atoms with van der Waals surface area (Å²) in [6.45, 7) is 5.65. The molecule has 5 heteroatoms. The molecular weight excluding hydrogens is 320 g/mol. The number of hydrogen-bond donors (Lipinski definition) is 1. The Hall–Kier alpha value is -1.75. The number of aryl methyl sites for hydroxylation is 3. The van der Waals surface area contributed by atoms with Crippen LogP contribution in [0.1, 0.15) is 22.5 Å². The molecule has 20 heavy (non-hydrogen) atoms. The maximum atomic E-state index is 10.9. The van der Waals surface area contributed by atoms with Crippen LogP contribution in [0.3, 0.4) is 0 Å². The number of halogens is 1. The first-order valence-corrected chi connectivity index (χ1v) is 7.00. The molecule has 1 N–H and O–H groups in total. The van der Waals surface area contributed by atoms with E-state index in [1.165, 1.54) is 0 Å². The monoisotopic (exact) mass is 334 g/mol. The van der Waals surface area contributed by atoms with Crippen LogP contribution in [0, 0.1) is 20.8 Å². The minimum absolute atomic E-state index is 0.0486. The van der Waals surface area contributed by atoms with Crippen LogP contribution in [0.5, 0.6) is 0 Å². The first-order chi connectivity index (χ1) is 9.38. The van der Waals surface area contributed by atoms with Gasteiger partial charge in [0.2, 0.25) is 0 Å². The molecule has 2 rings (SSSR count). The molecule has 1 heterocycles. The van der Waals surface area contributed by atoms with E-state index in [-0.39, 0.29) is 6.42 Å². The van der Waals surface area contributed by atoms with Crippen LogP contribution in [0.15, 0.2) is 22.7 Å². The zero-order valence-corrected chi connectivity index (χ0v) is 13.2. The highest BCUT2D eigenvalue weighted by Gasteiger charge is 2.14. The van der Waals surface area contributed by atoms with Crippen molar-refractivity contribution in [2.75, 3.05) is 0 Å². The predicted octanol–water partition coefficient (Wildman–Crippen LogP) is 3.46. The molecule has 0 saturated heterocycles. The van der Waals surface area contributed by atoms with Crippen LogP contribution >= 0.6 is 15.9 Å². The minimum Gasteiger partial charge on any atom is -0.481 e. The second-order valence-corrected chi connectivity index (χ2v) is 5.60. The zero-order valence-electron chi connectivity index (χ0n) is 11.6. The summed E-state index contributed by atoms with van der Waals surface area (Å²) in [5.41, 5.74) is 4.16. The van der Waals surface area contributed by atoms with E-state index in [9.17, 15) is 4.79 Å². The maximum Gasteiger partial charge on any atom is 0.307 e. The number of rotatable bonds is 3. The normalized spacial score (nSPS) is 10.6. The molecule has 0 aliphatic carbocycles. The lowest BCUT2D eigenvalue weighted by atomic mass is 10.1. The Bertz CT molecular complexity index is 661. The third-order valence-corrected chi connectivity index (χ3v) is 3.77. The standard InChI is InChI=1S/C15H15BrN2O2/c1-8-4-5-11(13(16)6-8)15-17-9(2)12(7-14(19)20)10(3)18-15/h4-6H,7H2,1-3H3,(H,19,20). The number of aliphatic carboxylic acids is 1. The SMILES string of the molecule is Cc1ccc(-c2nc(C)c(CC(=O)O)c(C)n2)c(Br)c1. The van der Waals surface area contributed by atoms with Crippen LogP contribution < -0.4 is 0 Å². The molecule has 0 aliphatic heterocycles. The van der Waals surface area contributed by atoms with Gasteiger partial charge < -0.3 is 5.11 Å². The van der Waals surface area contributed by atoms with Gasteiger partial charge in [0.15, 0.2) is 5.82 Å². The van der Waals surface area contributed by atoms with Gasteiger partial charge in [0.1, 0.15) is 0 Å². The number of carboxylic acid groups (broad SMARTS) is 1. The molecule has 2 aromatic rings. The van der Waals surface area contributed by atoms with Gasteiger partial charge in [0.05, 0.1) is 6.42 Å². The zero-order chi connectivity index (χ0) is 14.9. The molecule has 0 bridgehead atoms. The summed E-state index contributed by atoms with van der Waals surface area (Å²) in [5, 5.41) is 8.91. The van der Waals surface area contributed by atoms with Crippen molar-refractivity contribution in [2.45, 2.75) is 27.2 Å². The molecule has 1 aromatic heterocycles. The molecule has 0 unspecified atom stereocenters. The number of nitrogens with zero attached hydrogens (tertiary/aromatic N) is 2. The third kappa shape index (κ3) is 3.04. The molecule has 0 saturated carbocycles. The van der Waals surface area contributed by atoms with Crippen molar-refractivity contribution < 1.29 is 9.90 Å². The number of hydrogen-bond acceptors (Lipinski definition) is 3. The summed E-state index contributed by atoms with van der Waals surface area (Å²) < 4.78 is 0.933.